The Kier molecular flexibility index (Phi) is 5.41. The molecule has 0 aliphatic carbocycles. The minimum Gasteiger partial charge on any atom is -0.464 e. The fraction of sp³-hybridized carbons (Fsp3) is 0.143. The fourth-order valence-corrected chi connectivity index (χ4v) is 4.84. The van der Waals surface area contributed by atoms with Gasteiger partial charge in [-0.25, -0.2) is 9.80 Å². The number of hydrogen-bond donors (Lipinski definition) is 0. The molecule has 2 aliphatic rings. The smallest absolute Gasteiger partial charge is 0.343 e. The topological polar surface area (TPSA) is 64.3 Å². The van der Waals surface area contributed by atoms with Crippen LogP contribution in [0, 0.1) is 6.92 Å². The lowest BCUT2D eigenvalue weighted by molar-refractivity contribution is -0.0191. The number of rotatable bonds is 4. The van der Waals surface area contributed by atoms with Crippen molar-refractivity contribution in [2.75, 3.05) is 0 Å². The predicted molar refractivity (Wildman–Crippen MR) is 135 cm³/mol. The molecule has 0 spiro atoms. The van der Waals surface area contributed by atoms with Gasteiger partial charge in [0.25, 0.3) is 0 Å². The van der Waals surface area contributed by atoms with Gasteiger partial charge in [0.05, 0.1) is 11.6 Å². The third-order valence-corrected chi connectivity index (χ3v) is 6.66. The van der Waals surface area contributed by atoms with Crippen molar-refractivity contribution < 1.29 is 18.7 Å². The number of esters is 1. The summed E-state index contributed by atoms with van der Waals surface area (Å²) in [4.78, 5) is 12.4. The van der Waals surface area contributed by atoms with Crippen LogP contribution >= 0.6 is 15.9 Å². The zero-order valence-electron chi connectivity index (χ0n) is 18.9. The first-order valence-electron chi connectivity index (χ1n) is 11.3. The van der Waals surface area contributed by atoms with Crippen molar-refractivity contribution in [3.8, 4) is 11.5 Å². The van der Waals surface area contributed by atoms with E-state index in [0.29, 0.717) is 17.7 Å². The van der Waals surface area contributed by atoms with Gasteiger partial charge >= 0.3 is 5.97 Å². The molecule has 0 radical (unpaired) electrons. The molecule has 6 rings (SSSR count). The molecule has 2 aliphatic heterocycles. The number of ether oxygens (including phenoxy) is 2. The van der Waals surface area contributed by atoms with Crippen LogP contribution in [-0.2, 0) is 0 Å². The predicted octanol–water partition coefficient (Wildman–Crippen LogP) is 6.81. The molecule has 0 saturated heterocycles. The van der Waals surface area contributed by atoms with Crippen molar-refractivity contribution in [2.45, 2.75) is 25.6 Å². The average Bonchev–Trinajstić information content (AvgIpc) is 3.51. The van der Waals surface area contributed by atoms with E-state index in [9.17, 15) is 4.79 Å². The lowest BCUT2D eigenvalue weighted by atomic mass is 9.97. The van der Waals surface area contributed by atoms with Crippen molar-refractivity contribution in [1.82, 2.24) is 5.01 Å². The third kappa shape index (κ3) is 4.12. The molecule has 0 unspecified atom stereocenters. The van der Waals surface area contributed by atoms with E-state index in [2.05, 4.69) is 22.0 Å². The Morgan fingerprint density at radius 3 is 2.57 bits per heavy atom. The van der Waals surface area contributed by atoms with Gasteiger partial charge in [0.15, 0.2) is 0 Å². The summed E-state index contributed by atoms with van der Waals surface area (Å²) in [6.45, 7) is 1.93. The Balaban J connectivity index is 1.30. The maximum absolute atomic E-state index is 12.4. The minimum atomic E-state index is -0.430. The monoisotopic (exact) mass is 528 g/mol. The van der Waals surface area contributed by atoms with Gasteiger partial charge in [-0.1, -0.05) is 34.1 Å². The highest BCUT2D eigenvalue weighted by atomic mass is 79.9. The number of halogens is 1. The van der Waals surface area contributed by atoms with Crippen LogP contribution in [0.3, 0.4) is 0 Å². The quantitative estimate of drug-likeness (QED) is 0.215. The van der Waals surface area contributed by atoms with Crippen molar-refractivity contribution in [1.29, 1.82) is 0 Å². The van der Waals surface area contributed by atoms with Crippen LogP contribution in [-0.4, -0.2) is 16.7 Å². The zero-order valence-corrected chi connectivity index (χ0v) is 20.4. The maximum Gasteiger partial charge on any atom is 0.343 e. The SMILES string of the molecule is Cc1ccc(C2=NN3[C@H](C2)c2cc(Br)ccc2O[C@H]3c2ccc(OC(=O)c3ccccc3)cc2)o1. The highest BCUT2D eigenvalue weighted by Gasteiger charge is 2.41. The van der Waals surface area contributed by atoms with Crippen LogP contribution in [0.1, 0.15) is 51.7 Å². The van der Waals surface area contributed by atoms with Gasteiger partial charge in [0, 0.05) is 22.0 Å². The van der Waals surface area contributed by atoms with Gasteiger partial charge in [0.2, 0.25) is 6.23 Å². The van der Waals surface area contributed by atoms with Crippen LogP contribution in [0.2, 0.25) is 0 Å². The molecule has 2 atom stereocenters. The Morgan fingerprint density at radius 2 is 1.83 bits per heavy atom. The molecule has 0 saturated carbocycles. The van der Waals surface area contributed by atoms with E-state index in [1.165, 1.54) is 0 Å². The zero-order chi connectivity index (χ0) is 23.9. The summed E-state index contributed by atoms with van der Waals surface area (Å²) in [6.07, 6.45) is 0.282. The molecule has 3 aromatic carbocycles. The van der Waals surface area contributed by atoms with Gasteiger partial charge in [0.1, 0.15) is 28.7 Å². The number of nitrogens with zero attached hydrogens (tertiary/aromatic N) is 2. The van der Waals surface area contributed by atoms with Crippen molar-refractivity contribution in [2.24, 2.45) is 5.10 Å². The molecular formula is C28H21BrN2O4. The van der Waals surface area contributed by atoms with Crippen molar-refractivity contribution >= 4 is 27.6 Å². The lowest BCUT2D eigenvalue weighted by Crippen LogP contribution is -2.33. The maximum atomic E-state index is 12.4. The van der Waals surface area contributed by atoms with E-state index >= 15 is 0 Å². The van der Waals surface area contributed by atoms with Gasteiger partial charge in [-0.15, -0.1) is 0 Å². The lowest BCUT2D eigenvalue weighted by Gasteiger charge is -2.38. The Bertz CT molecular complexity index is 1430. The Morgan fingerprint density at radius 1 is 1.03 bits per heavy atom. The standard InChI is InChI=1S/C28H21BrN2O4/c1-17-7-13-26(33-17)23-16-24-22-15-20(29)10-14-25(22)35-27(31(24)30-23)18-8-11-21(12-9-18)34-28(32)19-5-3-2-4-6-19/h2-15,24,27H,16H2,1H3/t24-,27+/m1/s1. The number of carbonyl (C=O) groups excluding carboxylic acids is 1. The number of hydrogen-bond acceptors (Lipinski definition) is 6. The highest BCUT2D eigenvalue weighted by Crippen LogP contribution is 2.48. The number of benzene rings is 3. The van der Waals surface area contributed by atoms with Crippen LogP contribution in [0.25, 0.3) is 0 Å². The molecule has 35 heavy (non-hydrogen) atoms. The molecule has 4 aromatic rings. The molecule has 0 bridgehead atoms. The molecule has 0 N–H and O–H groups in total. The summed E-state index contributed by atoms with van der Waals surface area (Å²) in [6, 6.07) is 26.3. The second-order valence-electron chi connectivity index (χ2n) is 8.53. The third-order valence-electron chi connectivity index (χ3n) is 6.16. The van der Waals surface area contributed by atoms with Gasteiger partial charge < -0.3 is 13.9 Å². The summed E-state index contributed by atoms with van der Waals surface area (Å²) in [5.74, 6) is 2.52. The van der Waals surface area contributed by atoms with E-state index in [-0.39, 0.29) is 6.04 Å². The molecule has 6 nitrogen and oxygen atoms in total. The first kappa shape index (κ1) is 21.7. The number of fused-ring (bicyclic) bond motifs is 3. The second kappa shape index (κ2) is 8.74. The normalized spacial score (nSPS) is 18.3. The molecule has 0 amide bonds. The number of aryl methyl sites for hydroxylation is 1. The van der Waals surface area contributed by atoms with E-state index in [0.717, 1.165) is 38.6 Å². The Hall–Kier alpha value is -3.84. The van der Waals surface area contributed by atoms with E-state index in [1.54, 1.807) is 24.3 Å². The second-order valence-corrected chi connectivity index (χ2v) is 9.45. The largest absolute Gasteiger partial charge is 0.464 e. The van der Waals surface area contributed by atoms with Crippen molar-refractivity contribution in [3.63, 3.8) is 0 Å². The van der Waals surface area contributed by atoms with Gasteiger partial charge in [-0.3, -0.25) is 0 Å². The molecule has 0 fully saturated rings. The van der Waals surface area contributed by atoms with Crippen molar-refractivity contribution in [3.05, 3.63) is 118 Å². The molecule has 174 valence electrons. The van der Waals surface area contributed by atoms with Crippen LogP contribution < -0.4 is 9.47 Å². The highest BCUT2D eigenvalue weighted by molar-refractivity contribution is 9.10. The number of carbonyl (C=O) groups is 1. The first-order valence-corrected chi connectivity index (χ1v) is 12.1. The van der Waals surface area contributed by atoms with E-state index < -0.39 is 12.2 Å². The summed E-state index contributed by atoms with van der Waals surface area (Å²) < 4.78 is 18.8. The van der Waals surface area contributed by atoms with Crippen LogP contribution in [0.4, 0.5) is 0 Å². The fourth-order valence-electron chi connectivity index (χ4n) is 4.46. The van der Waals surface area contributed by atoms with Gasteiger partial charge in [-0.05, 0) is 73.7 Å². The number of furan rings is 1. The molecule has 1 aromatic heterocycles. The molecular weight excluding hydrogens is 508 g/mol. The van der Waals surface area contributed by atoms with E-state index in [4.69, 9.17) is 19.0 Å². The van der Waals surface area contributed by atoms with Gasteiger partial charge in [-0.2, -0.15) is 5.10 Å². The summed E-state index contributed by atoms with van der Waals surface area (Å²) in [7, 11) is 0. The molecule has 3 heterocycles. The summed E-state index contributed by atoms with van der Waals surface area (Å²) >= 11 is 3.58. The summed E-state index contributed by atoms with van der Waals surface area (Å²) in [5.41, 5.74) is 3.37. The Labute approximate surface area is 210 Å². The average molecular weight is 529 g/mol. The van der Waals surface area contributed by atoms with Crippen LogP contribution in [0.15, 0.2) is 98.9 Å². The van der Waals surface area contributed by atoms with E-state index in [1.807, 2.05) is 66.5 Å². The number of hydrazone groups is 1. The first-order chi connectivity index (χ1) is 17.0. The van der Waals surface area contributed by atoms with Crippen LogP contribution in [0.5, 0.6) is 11.5 Å². The minimum absolute atomic E-state index is 0.0113. The molecule has 7 heteroatoms. The summed E-state index contributed by atoms with van der Waals surface area (Å²) in [5, 5.41) is 6.91.